The van der Waals surface area contributed by atoms with Crippen LogP contribution in [0.25, 0.3) is 0 Å². The molecular weight excluding hydrogens is 312 g/mol. The molecule has 2 N–H and O–H groups in total. The number of benzene rings is 1. The Morgan fingerprint density at radius 2 is 2.00 bits per heavy atom. The van der Waals surface area contributed by atoms with E-state index in [-0.39, 0.29) is 11.9 Å². The predicted molar refractivity (Wildman–Crippen MR) is 91.2 cm³/mol. The van der Waals surface area contributed by atoms with Crippen LogP contribution < -0.4 is 10.6 Å². The summed E-state index contributed by atoms with van der Waals surface area (Å²) in [4.78, 5) is 20.9. The summed E-state index contributed by atoms with van der Waals surface area (Å²) in [5.74, 6) is 0.987. The van der Waals surface area contributed by atoms with Crippen LogP contribution in [0, 0.1) is 6.92 Å². The van der Waals surface area contributed by atoms with E-state index in [0.717, 1.165) is 18.5 Å². The molecule has 1 aromatic carbocycles. The molecule has 1 fully saturated rings. The Morgan fingerprint density at radius 3 is 2.74 bits per heavy atom. The van der Waals surface area contributed by atoms with E-state index in [1.54, 1.807) is 25.1 Å². The third-order valence-corrected chi connectivity index (χ3v) is 4.09. The first kappa shape index (κ1) is 15.7. The fourth-order valence-electron chi connectivity index (χ4n) is 2.79. The van der Waals surface area contributed by atoms with Crippen LogP contribution in [0.15, 0.2) is 30.3 Å². The molecule has 1 heterocycles. The number of carbonyl (C=O) groups excluding carboxylic acids is 1. The lowest BCUT2D eigenvalue weighted by atomic mass is 10.2. The summed E-state index contributed by atoms with van der Waals surface area (Å²) in [7, 11) is 0. The van der Waals surface area contributed by atoms with Gasteiger partial charge in [0.25, 0.3) is 5.91 Å². The van der Waals surface area contributed by atoms with Crippen LogP contribution in [0.4, 0.5) is 11.5 Å². The number of hydrogen-bond acceptors (Lipinski definition) is 4. The van der Waals surface area contributed by atoms with Crippen molar-refractivity contribution in [3.05, 3.63) is 46.9 Å². The lowest BCUT2D eigenvalue weighted by molar-refractivity contribution is 0.0932. The quantitative estimate of drug-likeness (QED) is 0.893. The summed E-state index contributed by atoms with van der Waals surface area (Å²) in [6.07, 6.45) is 4.44. The van der Waals surface area contributed by atoms with E-state index < -0.39 is 0 Å². The molecule has 0 unspecified atom stereocenters. The Labute approximate surface area is 140 Å². The van der Waals surface area contributed by atoms with Gasteiger partial charge in [-0.3, -0.25) is 4.79 Å². The highest BCUT2D eigenvalue weighted by Crippen LogP contribution is 2.20. The number of hydrogen-bond donors (Lipinski definition) is 2. The number of amides is 1. The molecule has 1 aliphatic rings. The van der Waals surface area contributed by atoms with Crippen LogP contribution in [0.1, 0.15) is 42.0 Å². The third-order valence-electron chi connectivity index (χ3n) is 3.86. The largest absolute Gasteiger partial charge is 0.348 e. The second-order valence-corrected chi connectivity index (χ2v) is 6.21. The Kier molecular flexibility index (Phi) is 4.76. The van der Waals surface area contributed by atoms with Crippen molar-refractivity contribution in [3.8, 4) is 0 Å². The number of nitrogens with zero attached hydrogens (tertiary/aromatic N) is 2. The topological polar surface area (TPSA) is 66.9 Å². The van der Waals surface area contributed by atoms with Crippen molar-refractivity contribution in [1.82, 2.24) is 15.3 Å². The standard InChI is InChI=1S/C17H19ClN4O/c1-11-19-15(17(23)22-13-6-2-3-7-13)10-16(20-11)21-14-8-4-5-12(18)9-14/h4-5,8-10,13H,2-3,6-7H2,1H3,(H,22,23)(H,19,20,21). The lowest BCUT2D eigenvalue weighted by Crippen LogP contribution is -2.33. The van der Waals surface area contributed by atoms with Crippen molar-refractivity contribution < 1.29 is 4.79 Å². The molecule has 0 bridgehead atoms. The predicted octanol–water partition coefficient (Wildman–Crippen LogP) is 3.85. The molecule has 23 heavy (non-hydrogen) atoms. The zero-order valence-electron chi connectivity index (χ0n) is 13.0. The van der Waals surface area contributed by atoms with E-state index in [1.165, 1.54) is 12.8 Å². The summed E-state index contributed by atoms with van der Waals surface area (Å²) < 4.78 is 0. The van der Waals surface area contributed by atoms with Gasteiger partial charge in [-0.2, -0.15) is 0 Å². The molecule has 3 rings (SSSR count). The van der Waals surface area contributed by atoms with Gasteiger partial charge in [-0.25, -0.2) is 9.97 Å². The maximum Gasteiger partial charge on any atom is 0.270 e. The highest BCUT2D eigenvalue weighted by atomic mass is 35.5. The lowest BCUT2D eigenvalue weighted by Gasteiger charge is -2.13. The van der Waals surface area contributed by atoms with Gasteiger partial charge in [0.2, 0.25) is 0 Å². The van der Waals surface area contributed by atoms with Crippen molar-refractivity contribution in [2.45, 2.75) is 38.6 Å². The molecule has 0 spiro atoms. The van der Waals surface area contributed by atoms with E-state index in [1.807, 2.05) is 12.1 Å². The summed E-state index contributed by atoms with van der Waals surface area (Å²) >= 11 is 5.98. The smallest absolute Gasteiger partial charge is 0.270 e. The number of aryl methyl sites for hydroxylation is 1. The van der Waals surface area contributed by atoms with Gasteiger partial charge in [-0.15, -0.1) is 0 Å². The van der Waals surface area contributed by atoms with Gasteiger partial charge in [-0.05, 0) is 38.0 Å². The molecule has 1 saturated carbocycles. The summed E-state index contributed by atoms with van der Waals surface area (Å²) in [6.45, 7) is 1.77. The zero-order chi connectivity index (χ0) is 16.2. The highest BCUT2D eigenvalue weighted by Gasteiger charge is 2.19. The summed E-state index contributed by atoms with van der Waals surface area (Å²) in [6, 6.07) is 9.28. The van der Waals surface area contributed by atoms with E-state index in [9.17, 15) is 4.79 Å². The Hall–Kier alpha value is -2.14. The van der Waals surface area contributed by atoms with Crippen molar-refractivity contribution in [2.75, 3.05) is 5.32 Å². The SMILES string of the molecule is Cc1nc(Nc2cccc(Cl)c2)cc(C(=O)NC2CCCC2)n1. The second-order valence-electron chi connectivity index (χ2n) is 5.78. The molecule has 0 aliphatic heterocycles. The van der Waals surface area contributed by atoms with Gasteiger partial charge >= 0.3 is 0 Å². The number of rotatable bonds is 4. The van der Waals surface area contributed by atoms with Crippen LogP contribution in [0.3, 0.4) is 0 Å². The Morgan fingerprint density at radius 1 is 1.22 bits per heavy atom. The molecule has 5 nitrogen and oxygen atoms in total. The molecular formula is C17H19ClN4O. The van der Waals surface area contributed by atoms with Crippen LogP contribution in [0.5, 0.6) is 0 Å². The molecule has 0 saturated heterocycles. The molecule has 120 valence electrons. The average Bonchev–Trinajstić information content (AvgIpc) is 2.99. The molecule has 1 amide bonds. The first-order valence-electron chi connectivity index (χ1n) is 7.79. The van der Waals surface area contributed by atoms with E-state index >= 15 is 0 Å². The normalized spacial score (nSPS) is 14.7. The molecule has 2 aromatic rings. The Bertz CT molecular complexity index is 713. The van der Waals surface area contributed by atoms with Gasteiger partial charge in [0.15, 0.2) is 0 Å². The molecule has 6 heteroatoms. The molecule has 0 atom stereocenters. The van der Waals surface area contributed by atoms with Gasteiger partial charge in [0.1, 0.15) is 17.3 Å². The van der Waals surface area contributed by atoms with Crippen LogP contribution in [-0.2, 0) is 0 Å². The number of halogens is 1. The second kappa shape index (κ2) is 6.96. The minimum Gasteiger partial charge on any atom is -0.348 e. The van der Waals surface area contributed by atoms with Crippen LogP contribution in [0.2, 0.25) is 5.02 Å². The molecule has 0 radical (unpaired) electrons. The number of anilines is 2. The van der Waals surface area contributed by atoms with Crippen molar-refractivity contribution in [1.29, 1.82) is 0 Å². The third kappa shape index (κ3) is 4.20. The highest BCUT2D eigenvalue weighted by molar-refractivity contribution is 6.30. The first-order chi connectivity index (χ1) is 11.1. The van der Waals surface area contributed by atoms with E-state index in [0.29, 0.717) is 22.4 Å². The number of aromatic nitrogens is 2. The summed E-state index contributed by atoms with van der Waals surface area (Å²) in [5, 5.41) is 6.84. The van der Waals surface area contributed by atoms with Gasteiger partial charge in [0, 0.05) is 22.8 Å². The number of carbonyl (C=O) groups is 1. The zero-order valence-corrected chi connectivity index (χ0v) is 13.7. The van der Waals surface area contributed by atoms with Crippen molar-refractivity contribution in [3.63, 3.8) is 0 Å². The fourth-order valence-corrected chi connectivity index (χ4v) is 2.98. The van der Waals surface area contributed by atoms with Gasteiger partial charge in [-0.1, -0.05) is 30.5 Å². The minimum absolute atomic E-state index is 0.142. The van der Waals surface area contributed by atoms with Crippen LogP contribution in [-0.4, -0.2) is 21.9 Å². The van der Waals surface area contributed by atoms with Crippen molar-refractivity contribution in [2.24, 2.45) is 0 Å². The maximum absolute atomic E-state index is 12.4. The van der Waals surface area contributed by atoms with Crippen LogP contribution >= 0.6 is 11.6 Å². The summed E-state index contributed by atoms with van der Waals surface area (Å²) in [5.41, 5.74) is 1.20. The average molecular weight is 331 g/mol. The fraction of sp³-hybridized carbons (Fsp3) is 0.353. The van der Waals surface area contributed by atoms with E-state index in [4.69, 9.17) is 11.6 Å². The minimum atomic E-state index is -0.142. The monoisotopic (exact) mass is 330 g/mol. The van der Waals surface area contributed by atoms with Gasteiger partial charge < -0.3 is 10.6 Å². The van der Waals surface area contributed by atoms with Crippen molar-refractivity contribution >= 4 is 29.0 Å². The number of nitrogens with one attached hydrogen (secondary N) is 2. The molecule has 1 aromatic heterocycles. The maximum atomic E-state index is 12.4. The first-order valence-corrected chi connectivity index (χ1v) is 8.17. The van der Waals surface area contributed by atoms with Gasteiger partial charge in [0.05, 0.1) is 0 Å². The Balaban J connectivity index is 1.76. The molecule has 1 aliphatic carbocycles. The van der Waals surface area contributed by atoms with E-state index in [2.05, 4.69) is 20.6 Å².